The van der Waals surface area contributed by atoms with Crippen molar-refractivity contribution in [2.45, 2.75) is 6.92 Å². The molecular formula is C24H22N4O3. The van der Waals surface area contributed by atoms with Crippen LogP contribution < -0.4 is 20.5 Å². The summed E-state index contributed by atoms with van der Waals surface area (Å²) < 4.78 is 10.7. The highest BCUT2D eigenvalue weighted by molar-refractivity contribution is 6.06. The van der Waals surface area contributed by atoms with Gasteiger partial charge in [-0.05, 0) is 42.8 Å². The van der Waals surface area contributed by atoms with E-state index in [2.05, 4.69) is 15.3 Å². The Morgan fingerprint density at radius 3 is 2.55 bits per heavy atom. The topological polar surface area (TPSA) is 99.4 Å². The zero-order chi connectivity index (χ0) is 22.0. The third-order valence-electron chi connectivity index (χ3n) is 5.03. The van der Waals surface area contributed by atoms with Crippen LogP contribution in [0.3, 0.4) is 0 Å². The van der Waals surface area contributed by atoms with Crippen LogP contribution in [-0.4, -0.2) is 30.1 Å². The van der Waals surface area contributed by atoms with Gasteiger partial charge in [0.2, 0.25) is 5.95 Å². The van der Waals surface area contributed by atoms with Gasteiger partial charge in [-0.1, -0.05) is 30.3 Å². The van der Waals surface area contributed by atoms with Crippen molar-refractivity contribution in [2.75, 3.05) is 25.3 Å². The Morgan fingerprint density at radius 1 is 0.968 bits per heavy atom. The quantitative estimate of drug-likeness (QED) is 0.500. The van der Waals surface area contributed by atoms with Crippen molar-refractivity contribution >= 4 is 28.4 Å². The molecule has 156 valence electrons. The van der Waals surface area contributed by atoms with E-state index in [1.807, 2.05) is 43.3 Å². The van der Waals surface area contributed by atoms with E-state index in [9.17, 15) is 4.79 Å². The molecule has 1 aromatic heterocycles. The minimum Gasteiger partial charge on any atom is -0.493 e. The molecule has 0 unspecified atom stereocenters. The van der Waals surface area contributed by atoms with E-state index in [-0.39, 0.29) is 11.9 Å². The number of hydrogen-bond donors (Lipinski definition) is 2. The van der Waals surface area contributed by atoms with Gasteiger partial charge in [0.25, 0.3) is 5.91 Å². The third-order valence-corrected chi connectivity index (χ3v) is 5.03. The molecule has 4 rings (SSSR count). The zero-order valence-electron chi connectivity index (χ0n) is 17.5. The lowest BCUT2D eigenvalue weighted by Gasteiger charge is -2.14. The average molecular weight is 414 g/mol. The van der Waals surface area contributed by atoms with Crippen LogP contribution in [0.1, 0.15) is 15.9 Å². The molecule has 0 aliphatic carbocycles. The highest BCUT2D eigenvalue weighted by atomic mass is 16.5. The number of aryl methyl sites for hydroxylation is 1. The lowest BCUT2D eigenvalue weighted by atomic mass is 9.99. The zero-order valence-corrected chi connectivity index (χ0v) is 17.5. The third kappa shape index (κ3) is 3.85. The van der Waals surface area contributed by atoms with Crippen LogP contribution in [-0.2, 0) is 0 Å². The Morgan fingerprint density at radius 2 is 1.77 bits per heavy atom. The number of nitrogens with zero attached hydrogens (tertiary/aromatic N) is 2. The van der Waals surface area contributed by atoms with E-state index in [1.54, 1.807) is 31.4 Å². The van der Waals surface area contributed by atoms with Gasteiger partial charge in [-0.3, -0.25) is 4.79 Å². The number of anilines is 2. The molecule has 0 spiro atoms. The second-order valence-electron chi connectivity index (χ2n) is 6.97. The van der Waals surface area contributed by atoms with Crippen molar-refractivity contribution in [3.05, 3.63) is 71.8 Å². The summed E-state index contributed by atoms with van der Waals surface area (Å²) in [5, 5.41) is 3.77. The molecule has 1 amide bonds. The normalized spacial score (nSPS) is 10.7. The first-order chi connectivity index (χ1) is 15.0. The van der Waals surface area contributed by atoms with Crippen molar-refractivity contribution in [1.82, 2.24) is 9.97 Å². The van der Waals surface area contributed by atoms with Crippen molar-refractivity contribution in [2.24, 2.45) is 0 Å². The molecule has 31 heavy (non-hydrogen) atoms. The summed E-state index contributed by atoms with van der Waals surface area (Å²) in [6, 6.07) is 18.4. The molecule has 3 N–H and O–H groups in total. The Hall–Kier alpha value is -4.13. The molecule has 7 nitrogen and oxygen atoms in total. The number of methoxy groups -OCH3 is 2. The van der Waals surface area contributed by atoms with Gasteiger partial charge >= 0.3 is 0 Å². The van der Waals surface area contributed by atoms with Crippen molar-refractivity contribution in [3.63, 3.8) is 0 Å². The number of hydrogen-bond acceptors (Lipinski definition) is 6. The standard InChI is InChI=1S/C24H22N4O3/c1-14-11-12-15(23(29)26-19-9-6-10-20(30-2)22(19)31-3)13-17(14)21-16-7-4-5-8-18(16)27-24(25)28-21/h4-13H,1-3H3,(H,26,29)(H2,25,27,28). The number of nitrogen functional groups attached to an aromatic ring is 1. The Kier molecular flexibility index (Phi) is 5.41. The summed E-state index contributed by atoms with van der Waals surface area (Å²) in [7, 11) is 3.08. The summed E-state index contributed by atoms with van der Waals surface area (Å²) in [4.78, 5) is 21.8. The first-order valence-corrected chi connectivity index (χ1v) is 9.67. The number of aromatic nitrogens is 2. The van der Waals surface area contributed by atoms with Gasteiger partial charge in [-0.2, -0.15) is 0 Å². The molecule has 1 heterocycles. The maximum atomic E-state index is 13.0. The SMILES string of the molecule is COc1cccc(NC(=O)c2ccc(C)c(-c3nc(N)nc4ccccc34)c2)c1OC. The summed E-state index contributed by atoms with van der Waals surface area (Å²) >= 11 is 0. The first-order valence-electron chi connectivity index (χ1n) is 9.67. The van der Waals surface area contributed by atoms with E-state index in [1.165, 1.54) is 7.11 Å². The predicted molar refractivity (Wildman–Crippen MR) is 122 cm³/mol. The lowest BCUT2D eigenvalue weighted by Crippen LogP contribution is -2.13. The van der Waals surface area contributed by atoms with Crippen molar-refractivity contribution in [3.8, 4) is 22.8 Å². The minimum atomic E-state index is -0.279. The number of nitrogens with two attached hydrogens (primary N) is 1. The van der Waals surface area contributed by atoms with Crippen LogP contribution in [0.5, 0.6) is 11.5 Å². The van der Waals surface area contributed by atoms with Gasteiger partial charge in [0.15, 0.2) is 11.5 Å². The predicted octanol–water partition coefficient (Wildman–Crippen LogP) is 4.46. The van der Waals surface area contributed by atoms with Crippen LogP contribution in [0.15, 0.2) is 60.7 Å². The van der Waals surface area contributed by atoms with Gasteiger partial charge in [0, 0.05) is 16.5 Å². The summed E-state index contributed by atoms with van der Waals surface area (Å²) in [5.41, 5.74) is 10.2. The number of carbonyl (C=O) groups is 1. The molecule has 0 aliphatic heterocycles. The van der Waals surface area contributed by atoms with E-state index >= 15 is 0 Å². The molecule has 0 aliphatic rings. The van der Waals surface area contributed by atoms with Crippen LogP contribution >= 0.6 is 0 Å². The van der Waals surface area contributed by atoms with Crippen LogP contribution in [0.4, 0.5) is 11.6 Å². The largest absolute Gasteiger partial charge is 0.493 e. The highest BCUT2D eigenvalue weighted by Crippen LogP contribution is 2.35. The molecule has 0 atom stereocenters. The second-order valence-corrected chi connectivity index (χ2v) is 6.97. The van der Waals surface area contributed by atoms with E-state index < -0.39 is 0 Å². The Bertz CT molecular complexity index is 1290. The smallest absolute Gasteiger partial charge is 0.255 e. The molecule has 7 heteroatoms. The van der Waals surface area contributed by atoms with Crippen LogP contribution in [0, 0.1) is 6.92 Å². The van der Waals surface area contributed by atoms with Gasteiger partial charge in [0.05, 0.1) is 31.1 Å². The fraction of sp³-hybridized carbons (Fsp3) is 0.125. The average Bonchev–Trinajstić information content (AvgIpc) is 2.78. The van der Waals surface area contributed by atoms with Crippen LogP contribution in [0.25, 0.3) is 22.2 Å². The Balaban J connectivity index is 1.76. The van der Waals surface area contributed by atoms with Gasteiger partial charge in [-0.25, -0.2) is 9.97 Å². The highest BCUT2D eigenvalue weighted by Gasteiger charge is 2.16. The van der Waals surface area contributed by atoms with Crippen LogP contribution in [0.2, 0.25) is 0 Å². The summed E-state index contributed by atoms with van der Waals surface area (Å²) in [5.74, 6) is 0.899. The van der Waals surface area contributed by atoms with Gasteiger partial charge in [0.1, 0.15) is 0 Å². The summed E-state index contributed by atoms with van der Waals surface area (Å²) in [6.07, 6.45) is 0. The summed E-state index contributed by atoms with van der Waals surface area (Å²) in [6.45, 7) is 1.97. The molecule has 0 radical (unpaired) electrons. The fourth-order valence-corrected chi connectivity index (χ4v) is 3.50. The molecule has 3 aromatic carbocycles. The van der Waals surface area contributed by atoms with Crippen molar-refractivity contribution < 1.29 is 14.3 Å². The number of benzene rings is 3. The number of nitrogens with one attached hydrogen (secondary N) is 1. The molecule has 0 fully saturated rings. The number of para-hydroxylation sites is 2. The maximum absolute atomic E-state index is 13.0. The molecule has 0 saturated carbocycles. The lowest BCUT2D eigenvalue weighted by molar-refractivity contribution is 0.102. The second kappa shape index (κ2) is 8.31. The monoisotopic (exact) mass is 414 g/mol. The Labute approximate surface area is 179 Å². The fourth-order valence-electron chi connectivity index (χ4n) is 3.50. The number of fused-ring (bicyclic) bond motifs is 1. The first kappa shape index (κ1) is 20.2. The van der Waals surface area contributed by atoms with Gasteiger partial charge in [-0.15, -0.1) is 0 Å². The van der Waals surface area contributed by atoms with E-state index in [0.29, 0.717) is 28.4 Å². The number of amides is 1. The number of carbonyl (C=O) groups excluding carboxylic acids is 1. The molecular weight excluding hydrogens is 392 g/mol. The van der Waals surface area contributed by atoms with E-state index in [4.69, 9.17) is 15.2 Å². The molecule has 0 saturated heterocycles. The van der Waals surface area contributed by atoms with E-state index in [0.717, 1.165) is 22.0 Å². The number of rotatable bonds is 5. The molecule has 0 bridgehead atoms. The molecule has 4 aromatic rings. The maximum Gasteiger partial charge on any atom is 0.255 e. The van der Waals surface area contributed by atoms with Gasteiger partial charge < -0.3 is 20.5 Å². The minimum absolute atomic E-state index is 0.184. The van der Waals surface area contributed by atoms with Crippen molar-refractivity contribution in [1.29, 1.82) is 0 Å². The number of ether oxygens (including phenoxy) is 2.